The van der Waals surface area contributed by atoms with Gasteiger partial charge in [-0.2, -0.15) is 0 Å². The van der Waals surface area contributed by atoms with Gasteiger partial charge in [-0.1, -0.05) is 24.3 Å². The number of nitrogens with one attached hydrogen (secondary N) is 1. The molecular formula is C14H15N3O. The summed E-state index contributed by atoms with van der Waals surface area (Å²) in [6.45, 7) is 0. The van der Waals surface area contributed by atoms with Crippen LogP contribution in [0, 0.1) is 0 Å². The van der Waals surface area contributed by atoms with E-state index >= 15 is 0 Å². The number of amides is 1. The third-order valence-electron chi connectivity index (χ3n) is 3.41. The van der Waals surface area contributed by atoms with Crippen molar-refractivity contribution in [2.75, 3.05) is 0 Å². The Morgan fingerprint density at radius 2 is 2.28 bits per heavy atom. The van der Waals surface area contributed by atoms with Gasteiger partial charge in [0.1, 0.15) is 6.33 Å². The van der Waals surface area contributed by atoms with Gasteiger partial charge in [-0.05, 0) is 30.4 Å². The molecule has 0 spiro atoms. The van der Waals surface area contributed by atoms with E-state index in [2.05, 4.69) is 28.5 Å². The Bertz CT molecular complexity index is 548. The second-order valence-electron chi connectivity index (χ2n) is 4.56. The van der Waals surface area contributed by atoms with Gasteiger partial charge in [-0.3, -0.25) is 4.57 Å². The monoisotopic (exact) mass is 241 g/mol. The van der Waals surface area contributed by atoms with E-state index in [1.165, 1.54) is 22.0 Å². The highest BCUT2D eigenvalue weighted by atomic mass is 16.2. The lowest BCUT2D eigenvalue weighted by molar-refractivity contribution is 0.237. The Hall–Kier alpha value is -2.10. The highest BCUT2D eigenvalue weighted by Gasteiger charge is 2.21. The highest BCUT2D eigenvalue weighted by molar-refractivity contribution is 5.77. The molecule has 1 heterocycles. The molecule has 92 valence electrons. The molecule has 0 saturated carbocycles. The lowest BCUT2D eigenvalue weighted by atomic mass is 9.88. The van der Waals surface area contributed by atoms with E-state index in [0.717, 1.165) is 19.3 Å². The average molecular weight is 241 g/mol. The zero-order valence-electron chi connectivity index (χ0n) is 10.0. The lowest BCUT2D eigenvalue weighted by Crippen LogP contribution is -2.33. The zero-order valence-corrected chi connectivity index (χ0v) is 10.0. The van der Waals surface area contributed by atoms with E-state index in [9.17, 15) is 4.79 Å². The van der Waals surface area contributed by atoms with Crippen molar-refractivity contribution in [3.8, 4) is 0 Å². The van der Waals surface area contributed by atoms with Gasteiger partial charge in [0, 0.05) is 12.4 Å². The molecule has 0 radical (unpaired) electrons. The third-order valence-corrected chi connectivity index (χ3v) is 3.41. The predicted octanol–water partition coefficient (Wildman–Crippen LogP) is 2.52. The van der Waals surface area contributed by atoms with Gasteiger partial charge in [0.15, 0.2) is 0 Å². The van der Waals surface area contributed by atoms with E-state index in [1.807, 2.05) is 6.07 Å². The van der Waals surface area contributed by atoms with Gasteiger partial charge in [0.2, 0.25) is 0 Å². The normalized spacial score (nSPS) is 18.1. The number of hydrogen-bond donors (Lipinski definition) is 1. The zero-order chi connectivity index (χ0) is 12.4. The lowest BCUT2D eigenvalue weighted by Gasteiger charge is -2.26. The van der Waals surface area contributed by atoms with Crippen LogP contribution in [0.5, 0.6) is 0 Å². The number of aryl methyl sites for hydroxylation is 1. The highest BCUT2D eigenvalue weighted by Crippen LogP contribution is 2.29. The largest absolute Gasteiger partial charge is 0.331 e. The van der Waals surface area contributed by atoms with Crippen molar-refractivity contribution < 1.29 is 4.79 Å². The number of benzene rings is 1. The van der Waals surface area contributed by atoms with Crippen LogP contribution in [0.2, 0.25) is 0 Å². The van der Waals surface area contributed by atoms with Crippen molar-refractivity contribution in [2.45, 2.75) is 25.3 Å². The van der Waals surface area contributed by atoms with Crippen LogP contribution in [0.4, 0.5) is 4.79 Å². The van der Waals surface area contributed by atoms with E-state index in [-0.39, 0.29) is 12.1 Å². The summed E-state index contributed by atoms with van der Waals surface area (Å²) in [5.74, 6) is 0. The summed E-state index contributed by atoms with van der Waals surface area (Å²) in [6.07, 6.45) is 8.00. The third kappa shape index (κ3) is 2.01. The number of nitrogens with zero attached hydrogens (tertiary/aromatic N) is 2. The van der Waals surface area contributed by atoms with Crippen molar-refractivity contribution in [1.29, 1.82) is 0 Å². The molecular weight excluding hydrogens is 226 g/mol. The van der Waals surface area contributed by atoms with Gasteiger partial charge >= 0.3 is 6.03 Å². The first-order valence-electron chi connectivity index (χ1n) is 6.21. The predicted molar refractivity (Wildman–Crippen MR) is 68.3 cm³/mol. The quantitative estimate of drug-likeness (QED) is 0.834. The fourth-order valence-corrected chi connectivity index (χ4v) is 2.51. The van der Waals surface area contributed by atoms with Crippen molar-refractivity contribution in [1.82, 2.24) is 14.9 Å². The van der Waals surface area contributed by atoms with E-state index in [4.69, 9.17) is 0 Å². The molecule has 0 aliphatic heterocycles. The topological polar surface area (TPSA) is 46.9 Å². The smallest absolute Gasteiger partial charge is 0.327 e. The van der Waals surface area contributed by atoms with Crippen molar-refractivity contribution in [2.24, 2.45) is 0 Å². The molecule has 4 nitrogen and oxygen atoms in total. The molecule has 4 heteroatoms. The Labute approximate surface area is 106 Å². The van der Waals surface area contributed by atoms with Crippen LogP contribution in [-0.2, 0) is 6.42 Å². The molecule has 2 aromatic rings. The fourth-order valence-electron chi connectivity index (χ4n) is 2.51. The summed E-state index contributed by atoms with van der Waals surface area (Å²) in [5, 5.41) is 3.06. The molecule has 0 fully saturated rings. The van der Waals surface area contributed by atoms with Gasteiger partial charge in [-0.25, -0.2) is 9.78 Å². The fraction of sp³-hybridized carbons (Fsp3) is 0.286. The number of hydrogen-bond acceptors (Lipinski definition) is 2. The van der Waals surface area contributed by atoms with E-state index in [1.54, 1.807) is 12.4 Å². The standard InChI is InChI=1S/C14H15N3O/c18-14(17-9-8-15-10-17)16-13-7-3-5-11-4-1-2-6-12(11)13/h1-2,4,6,8-10,13H,3,5,7H2,(H,16,18). The van der Waals surface area contributed by atoms with Crippen LogP contribution < -0.4 is 5.32 Å². The van der Waals surface area contributed by atoms with Gasteiger partial charge < -0.3 is 5.32 Å². The van der Waals surface area contributed by atoms with Crippen LogP contribution in [0.1, 0.15) is 30.0 Å². The molecule has 1 unspecified atom stereocenters. The first-order chi connectivity index (χ1) is 8.84. The van der Waals surface area contributed by atoms with E-state index < -0.39 is 0 Å². The van der Waals surface area contributed by atoms with E-state index in [0.29, 0.717) is 0 Å². The molecule has 18 heavy (non-hydrogen) atoms. The number of carbonyl (C=O) groups is 1. The van der Waals surface area contributed by atoms with Crippen molar-refractivity contribution in [3.05, 3.63) is 54.1 Å². The Morgan fingerprint density at radius 3 is 3.11 bits per heavy atom. The van der Waals surface area contributed by atoms with Crippen molar-refractivity contribution >= 4 is 6.03 Å². The van der Waals surface area contributed by atoms with Gasteiger partial charge in [0.25, 0.3) is 0 Å². The molecule has 0 saturated heterocycles. The summed E-state index contributed by atoms with van der Waals surface area (Å²) in [6, 6.07) is 8.33. The van der Waals surface area contributed by atoms with Crippen LogP contribution in [-0.4, -0.2) is 15.6 Å². The molecule has 1 N–H and O–H groups in total. The summed E-state index contributed by atoms with van der Waals surface area (Å²) in [7, 11) is 0. The Kier molecular flexibility index (Phi) is 2.84. The minimum atomic E-state index is -0.116. The SMILES string of the molecule is O=C(NC1CCCc2ccccc21)n1ccnc1. The molecule has 1 aromatic carbocycles. The maximum atomic E-state index is 12.0. The van der Waals surface area contributed by atoms with Crippen molar-refractivity contribution in [3.63, 3.8) is 0 Å². The molecule has 0 bridgehead atoms. The first kappa shape index (κ1) is 11.0. The van der Waals surface area contributed by atoms with Crippen LogP contribution in [0.15, 0.2) is 43.0 Å². The molecule has 1 aliphatic carbocycles. The number of fused-ring (bicyclic) bond motifs is 1. The molecule has 3 rings (SSSR count). The molecule has 1 amide bonds. The molecule has 1 aromatic heterocycles. The number of imidazole rings is 1. The van der Waals surface area contributed by atoms with Crippen LogP contribution >= 0.6 is 0 Å². The number of carbonyl (C=O) groups excluding carboxylic acids is 1. The summed E-state index contributed by atoms with van der Waals surface area (Å²) < 4.78 is 1.47. The first-order valence-corrected chi connectivity index (χ1v) is 6.21. The van der Waals surface area contributed by atoms with Gasteiger partial charge in [0.05, 0.1) is 6.04 Å². The summed E-state index contributed by atoms with van der Waals surface area (Å²) >= 11 is 0. The second-order valence-corrected chi connectivity index (χ2v) is 4.56. The van der Waals surface area contributed by atoms with Crippen LogP contribution in [0.25, 0.3) is 0 Å². The van der Waals surface area contributed by atoms with Gasteiger partial charge in [-0.15, -0.1) is 0 Å². The minimum Gasteiger partial charge on any atom is -0.331 e. The minimum absolute atomic E-state index is 0.116. The second kappa shape index (κ2) is 4.64. The maximum Gasteiger partial charge on any atom is 0.327 e. The summed E-state index contributed by atoms with van der Waals surface area (Å²) in [5.41, 5.74) is 2.59. The van der Waals surface area contributed by atoms with Crippen LogP contribution in [0.3, 0.4) is 0 Å². The number of rotatable bonds is 1. The average Bonchev–Trinajstić information content (AvgIpc) is 2.93. The Morgan fingerprint density at radius 1 is 1.39 bits per heavy atom. The molecule has 1 atom stereocenters. The Balaban J connectivity index is 1.80. The maximum absolute atomic E-state index is 12.0. The molecule has 1 aliphatic rings. The number of aromatic nitrogens is 2. The summed E-state index contributed by atoms with van der Waals surface area (Å²) in [4.78, 5) is 15.9.